The van der Waals surface area contributed by atoms with Gasteiger partial charge in [0.1, 0.15) is 11.4 Å². The molecule has 162 valence electrons. The minimum Gasteiger partial charge on any atom is -0.497 e. The first-order valence-electron chi connectivity index (χ1n) is 9.95. The second-order valence-corrected chi connectivity index (χ2v) is 7.40. The van der Waals surface area contributed by atoms with Crippen LogP contribution in [0.3, 0.4) is 0 Å². The molecule has 1 heterocycles. The van der Waals surface area contributed by atoms with Gasteiger partial charge in [0.2, 0.25) is 0 Å². The van der Waals surface area contributed by atoms with E-state index in [2.05, 4.69) is 0 Å². The van der Waals surface area contributed by atoms with Gasteiger partial charge < -0.3 is 18.9 Å². The molecule has 0 radical (unpaired) electrons. The molecular weight excluding hydrogens is 384 g/mol. The van der Waals surface area contributed by atoms with Crippen LogP contribution in [-0.4, -0.2) is 53.4 Å². The molecule has 1 amide bonds. The minimum atomic E-state index is -0.465. The lowest BCUT2D eigenvalue weighted by molar-refractivity contribution is 0.0513. The van der Waals surface area contributed by atoms with E-state index in [4.69, 9.17) is 9.47 Å². The number of rotatable bonds is 8. The molecule has 1 aromatic carbocycles. The maximum atomic E-state index is 13.2. The van der Waals surface area contributed by atoms with E-state index in [9.17, 15) is 14.4 Å². The molecule has 0 unspecified atom stereocenters. The van der Waals surface area contributed by atoms with Gasteiger partial charge >= 0.3 is 5.97 Å². The number of hydrogen-bond donors (Lipinski definition) is 0. The Balaban J connectivity index is 2.37. The fourth-order valence-electron chi connectivity index (χ4n) is 3.52. The zero-order chi connectivity index (χ0) is 22.6. The van der Waals surface area contributed by atoms with Crippen LogP contribution in [-0.2, 0) is 11.8 Å². The van der Waals surface area contributed by atoms with Crippen molar-refractivity contribution in [2.75, 3.05) is 20.3 Å². The van der Waals surface area contributed by atoms with E-state index in [0.29, 0.717) is 33.8 Å². The van der Waals surface area contributed by atoms with Gasteiger partial charge in [-0.25, -0.2) is 4.79 Å². The van der Waals surface area contributed by atoms with Crippen molar-refractivity contribution in [2.24, 2.45) is 7.05 Å². The average molecular weight is 415 g/mol. The third-order valence-corrected chi connectivity index (χ3v) is 5.19. The number of methoxy groups -OCH3 is 1. The van der Waals surface area contributed by atoms with Crippen LogP contribution in [0.4, 0.5) is 0 Å². The molecule has 30 heavy (non-hydrogen) atoms. The third-order valence-electron chi connectivity index (χ3n) is 5.19. The second-order valence-electron chi connectivity index (χ2n) is 7.40. The molecule has 0 aliphatic heterocycles. The first-order valence-corrected chi connectivity index (χ1v) is 9.95. The molecule has 1 aromatic heterocycles. The number of Topliss-reactive ketones (excluding diaryl/α,β-unsaturated/α-hetero) is 1. The van der Waals surface area contributed by atoms with Gasteiger partial charge in [0.05, 0.1) is 20.3 Å². The monoisotopic (exact) mass is 414 g/mol. The zero-order valence-corrected chi connectivity index (χ0v) is 18.7. The van der Waals surface area contributed by atoms with E-state index in [-0.39, 0.29) is 30.9 Å². The number of esters is 1. The van der Waals surface area contributed by atoms with E-state index < -0.39 is 5.97 Å². The number of benzene rings is 1. The number of aromatic nitrogens is 1. The summed E-state index contributed by atoms with van der Waals surface area (Å²) in [5.74, 6) is -0.368. The minimum absolute atomic E-state index is 0.0956. The molecule has 7 nitrogen and oxygen atoms in total. The summed E-state index contributed by atoms with van der Waals surface area (Å²) in [5.41, 5.74) is 2.48. The predicted molar refractivity (Wildman–Crippen MR) is 114 cm³/mol. The van der Waals surface area contributed by atoms with Crippen molar-refractivity contribution in [3.05, 3.63) is 52.3 Å². The molecule has 0 atom stereocenters. The van der Waals surface area contributed by atoms with Crippen molar-refractivity contribution in [1.29, 1.82) is 0 Å². The van der Waals surface area contributed by atoms with E-state index in [1.807, 2.05) is 13.8 Å². The maximum absolute atomic E-state index is 13.2. The van der Waals surface area contributed by atoms with E-state index in [1.54, 1.807) is 56.7 Å². The summed E-state index contributed by atoms with van der Waals surface area (Å²) in [6, 6.07) is 6.66. The van der Waals surface area contributed by atoms with Crippen molar-refractivity contribution in [3.63, 3.8) is 0 Å². The van der Waals surface area contributed by atoms with Gasteiger partial charge in [-0.15, -0.1) is 0 Å². The van der Waals surface area contributed by atoms with Crippen LogP contribution in [0.2, 0.25) is 0 Å². The lowest BCUT2D eigenvalue weighted by atomic mass is 10.0. The lowest BCUT2D eigenvalue weighted by Gasteiger charge is -2.26. The topological polar surface area (TPSA) is 77.8 Å². The maximum Gasteiger partial charge on any atom is 0.355 e. The van der Waals surface area contributed by atoms with Crippen LogP contribution in [0.1, 0.15) is 63.2 Å². The SMILES string of the molecule is CCOC(=O)c1c(C)c(C(=O)CN(C(=O)c2cccc(OC)c2)C(C)C)c(C)n1C. The van der Waals surface area contributed by atoms with Gasteiger partial charge in [-0.3, -0.25) is 9.59 Å². The van der Waals surface area contributed by atoms with Crippen LogP contribution in [0.15, 0.2) is 24.3 Å². The molecule has 0 spiro atoms. The smallest absolute Gasteiger partial charge is 0.355 e. The Labute approximate surface area is 177 Å². The van der Waals surface area contributed by atoms with Gasteiger partial charge in [0.15, 0.2) is 5.78 Å². The number of nitrogens with zero attached hydrogens (tertiary/aromatic N) is 2. The number of carbonyl (C=O) groups is 3. The van der Waals surface area contributed by atoms with E-state index in [0.717, 1.165) is 0 Å². The first-order chi connectivity index (χ1) is 14.1. The number of ketones is 1. The molecule has 0 saturated carbocycles. The van der Waals surface area contributed by atoms with Crippen molar-refractivity contribution < 1.29 is 23.9 Å². The molecular formula is C23H30N2O5. The molecule has 0 fully saturated rings. The molecule has 0 aliphatic rings. The van der Waals surface area contributed by atoms with Crippen molar-refractivity contribution in [2.45, 2.75) is 40.7 Å². The molecule has 0 N–H and O–H groups in total. The Morgan fingerprint density at radius 2 is 1.83 bits per heavy atom. The summed E-state index contributed by atoms with van der Waals surface area (Å²) in [6.45, 7) is 9.13. The highest BCUT2D eigenvalue weighted by molar-refractivity contribution is 6.06. The first kappa shape index (κ1) is 23.2. The Bertz CT molecular complexity index is 959. The summed E-state index contributed by atoms with van der Waals surface area (Å²) in [5, 5.41) is 0. The van der Waals surface area contributed by atoms with Gasteiger partial charge in [-0.05, 0) is 58.4 Å². The largest absolute Gasteiger partial charge is 0.497 e. The number of amides is 1. The molecule has 7 heteroatoms. The Kier molecular flexibility index (Phi) is 7.43. The summed E-state index contributed by atoms with van der Waals surface area (Å²) < 4.78 is 12.0. The van der Waals surface area contributed by atoms with E-state index in [1.165, 1.54) is 12.0 Å². The molecule has 2 rings (SSSR count). The Morgan fingerprint density at radius 3 is 2.40 bits per heavy atom. The molecule has 0 aliphatic carbocycles. The fraction of sp³-hybridized carbons (Fsp3) is 0.435. The van der Waals surface area contributed by atoms with Crippen molar-refractivity contribution in [1.82, 2.24) is 9.47 Å². The van der Waals surface area contributed by atoms with Gasteiger partial charge in [-0.2, -0.15) is 0 Å². The molecule has 0 saturated heterocycles. The Morgan fingerprint density at radius 1 is 1.17 bits per heavy atom. The summed E-state index contributed by atoms with van der Waals surface area (Å²) in [7, 11) is 3.27. The van der Waals surface area contributed by atoms with Gasteiger partial charge in [-0.1, -0.05) is 6.07 Å². The lowest BCUT2D eigenvalue weighted by Crippen LogP contribution is -2.41. The van der Waals surface area contributed by atoms with Crippen LogP contribution in [0, 0.1) is 13.8 Å². The van der Waals surface area contributed by atoms with Crippen molar-refractivity contribution >= 4 is 17.7 Å². The highest BCUT2D eigenvalue weighted by Gasteiger charge is 2.29. The summed E-state index contributed by atoms with van der Waals surface area (Å²) in [4.78, 5) is 40.2. The average Bonchev–Trinajstić information content (AvgIpc) is 2.94. The van der Waals surface area contributed by atoms with Crippen LogP contribution < -0.4 is 4.74 Å². The Hall–Kier alpha value is -3.09. The van der Waals surface area contributed by atoms with Crippen LogP contribution >= 0.6 is 0 Å². The van der Waals surface area contributed by atoms with Crippen LogP contribution in [0.5, 0.6) is 5.75 Å². The summed E-state index contributed by atoms with van der Waals surface area (Å²) in [6.07, 6.45) is 0. The fourth-order valence-corrected chi connectivity index (χ4v) is 3.52. The van der Waals surface area contributed by atoms with Crippen molar-refractivity contribution in [3.8, 4) is 5.75 Å². The van der Waals surface area contributed by atoms with E-state index >= 15 is 0 Å². The third kappa shape index (κ3) is 4.56. The molecule has 0 bridgehead atoms. The quantitative estimate of drug-likeness (QED) is 0.488. The number of carbonyl (C=O) groups excluding carboxylic acids is 3. The zero-order valence-electron chi connectivity index (χ0n) is 18.7. The molecule has 2 aromatic rings. The van der Waals surface area contributed by atoms with Gasteiger partial charge in [0.25, 0.3) is 5.91 Å². The van der Waals surface area contributed by atoms with Crippen LogP contribution in [0.25, 0.3) is 0 Å². The summed E-state index contributed by atoms with van der Waals surface area (Å²) >= 11 is 0. The highest BCUT2D eigenvalue weighted by atomic mass is 16.5. The van der Waals surface area contributed by atoms with Gasteiger partial charge in [0, 0.05) is 29.9 Å². The number of hydrogen-bond acceptors (Lipinski definition) is 5. The second kappa shape index (κ2) is 9.61. The standard InChI is InChI=1S/C23H30N2O5/c1-8-30-23(28)21-15(4)20(16(5)24(21)6)19(26)13-25(14(2)3)22(27)17-10-9-11-18(12-17)29-7/h9-12,14H,8,13H2,1-7H3. The highest BCUT2D eigenvalue weighted by Crippen LogP contribution is 2.24. The normalized spacial score (nSPS) is 10.8. The number of ether oxygens (including phenoxy) is 2. The predicted octanol–water partition coefficient (Wildman–Crippen LogP) is 3.56.